The standard InChI is InChI=1S/C21H17N3O3S2/c1-13-19(29-20(22-13)14-6-4-3-5-7-14)16-9-11-18(24-23-16)28-12-15-8-10-17(27-15)21(25)26-2/h3-11H,12H2,1-2H3. The van der Waals surface area contributed by atoms with Crippen molar-refractivity contribution >= 4 is 29.1 Å². The number of thiazole rings is 1. The predicted molar refractivity (Wildman–Crippen MR) is 113 cm³/mol. The molecule has 0 N–H and O–H groups in total. The lowest BCUT2D eigenvalue weighted by Gasteiger charge is -2.00. The zero-order valence-corrected chi connectivity index (χ0v) is 17.4. The lowest BCUT2D eigenvalue weighted by molar-refractivity contribution is 0.0563. The molecule has 0 atom stereocenters. The molecule has 0 radical (unpaired) electrons. The Balaban J connectivity index is 1.45. The van der Waals surface area contributed by atoms with Gasteiger partial charge in [-0.1, -0.05) is 42.1 Å². The summed E-state index contributed by atoms with van der Waals surface area (Å²) in [6, 6.07) is 17.3. The Kier molecular flexibility index (Phi) is 5.73. The van der Waals surface area contributed by atoms with Crippen LogP contribution in [0.15, 0.2) is 64.0 Å². The smallest absolute Gasteiger partial charge is 0.373 e. The Morgan fingerprint density at radius 3 is 2.66 bits per heavy atom. The van der Waals surface area contributed by atoms with E-state index in [4.69, 9.17) is 4.42 Å². The number of ether oxygens (including phenoxy) is 1. The molecule has 0 bridgehead atoms. The van der Waals surface area contributed by atoms with Crippen molar-refractivity contribution in [1.29, 1.82) is 0 Å². The summed E-state index contributed by atoms with van der Waals surface area (Å²) in [5.41, 5.74) is 2.84. The first-order chi connectivity index (χ1) is 14.1. The number of hydrogen-bond acceptors (Lipinski definition) is 8. The van der Waals surface area contributed by atoms with Crippen LogP contribution in [0, 0.1) is 6.92 Å². The summed E-state index contributed by atoms with van der Waals surface area (Å²) < 4.78 is 10.1. The van der Waals surface area contributed by atoms with E-state index in [-0.39, 0.29) is 5.76 Å². The fourth-order valence-electron chi connectivity index (χ4n) is 2.67. The number of thioether (sulfide) groups is 1. The van der Waals surface area contributed by atoms with Crippen LogP contribution in [0.1, 0.15) is 22.0 Å². The van der Waals surface area contributed by atoms with Crippen LogP contribution in [0.25, 0.3) is 21.1 Å². The van der Waals surface area contributed by atoms with Crippen molar-refractivity contribution in [2.75, 3.05) is 7.11 Å². The number of nitrogens with zero attached hydrogens (tertiary/aromatic N) is 3. The van der Waals surface area contributed by atoms with Crippen LogP contribution >= 0.6 is 23.1 Å². The van der Waals surface area contributed by atoms with Gasteiger partial charge in [-0.25, -0.2) is 9.78 Å². The van der Waals surface area contributed by atoms with Gasteiger partial charge in [0, 0.05) is 5.56 Å². The Morgan fingerprint density at radius 2 is 1.93 bits per heavy atom. The molecule has 0 fully saturated rings. The summed E-state index contributed by atoms with van der Waals surface area (Å²) in [7, 11) is 1.32. The van der Waals surface area contributed by atoms with Gasteiger partial charge in [0.25, 0.3) is 0 Å². The summed E-state index contributed by atoms with van der Waals surface area (Å²) >= 11 is 3.09. The fourth-order valence-corrected chi connectivity index (χ4v) is 4.41. The minimum absolute atomic E-state index is 0.194. The fraction of sp³-hybridized carbons (Fsp3) is 0.143. The number of esters is 1. The molecule has 0 aliphatic rings. The van der Waals surface area contributed by atoms with E-state index in [1.165, 1.54) is 18.9 Å². The maximum absolute atomic E-state index is 11.4. The van der Waals surface area contributed by atoms with E-state index in [9.17, 15) is 4.79 Å². The SMILES string of the molecule is COC(=O)c1ccc(CSc2ccc(-c3sc(-c4ccccc4)nc3C)nn2)o1. The Labute approximate surface area is 176 Å². The highest BCUT2D eigenvalue weighted by Gasteiger charge is 2.14. The molecule has 3 heterocycles. The molecule has 8 heteroatoms. The Hall–Kier alpha value is -2.97. The van der Waals surface area contributed by atoms with Crippen molar-refractivity contribution in [1.82, 2.24) is 15.2 Å². The van der Waals surface area contributed by atoms with Crippen LogP contribution in [0.5, 0.6) is 0 Å². The third-order valence-corrected chi connectivity index (χ3v) is 6.27. The normalized spacial score (nSPS) is 10.8. The van der Waals surface area contributed by atoms with E-state index in [0.717, 1.165) is 31.9 Å². The molecular weight excluding hydrogens is 406 g/mol. The van der Waals surface area contributed by atoms with Crippen molar-refractivity contribution in [2.45, 2.75) is 17.7 Å². The number of aryl methyl sites for hydroxylation is 1. The maximum Gasteiger partial charge on any atom is 0.373 e. The van der Waals surface area contributed by atoms with Crippen LogP contribution in [-0.4, -0.2) is 28.3 Å². The van der Waals surface area contributed by atoms with Gasteiger partial charge in [-0.05, 0) is 31.2 Å². The quantitative estimate of drug-likeness (QED) is 0.310. The zero-order chi connectivity index (χ0) is 20.2. The molecule has 0 saturated heterocycles. The number of carbonyl (C=O) groups excluding carboxylic acids is 1. The average Bonchev–Trinajstić information content (AvgIpc) is 3.40. The summed E-state index contributed by atoms with van der Waals surface area (Å²) in [5.74, 6) is 0.926. The van der Waals surface area contributed by atoms with Crippen molar-refractivity contribution in [3.8, 4) is 21.1 Å². The third kappa shape index (κ3) is 4.38. The van der Waals surface area contributed by atoms with Crippen LogP contribution in [0.4, 0.5) is 0 Å². The molecule has 1 aromatic carbocycles. The second-order valence-corrected chi connectivity index (χ2v) is 8.10. The number of furan rings is 1. The molecule has 3 aromatic heterocycles. The monoisotopic (exact) mass is 423 g/mol. The van der Waals surface area contributed by atoms with Gasteiger partial charge in [0.1, 0.15) is 21.5 Å². The van der Waals surface area contributed by atoms with E-state index in [1.807, 2.05) is 49.4 Å². The molecule has 0 spiro atoms. The number of hydrogen-bond donors (Lipinski definition) is 0. The highest BCUT2D eigenvalue weighted by Crippen LogP contribution is 2.34. The zero-order valence-electron chi connectivity index (χ0n) is 15.8. The predicted octanol–water partition coefficient (Wildman–Crippen LogP) is 5.25. The van der Waals surface area contributed by atoms with Crippen molar-refractivity contribution in [2.24, 2.45) is 0 Å². The second-order valence-electron chi connectivity index (χ2n) is 6.10. The van der Waals surface area contributed by atoms with Gasteiger partial charge in [-0.15, -0.1) is 21.5 Å². The molecule has 146 valence electrons. The molecule has 0 aliphatic heterocycles. The first-order valence-corrected chi connectivity index (χ1v) is 10.6. The molecule has 4 rings (SSSR count). The third-order valence-electron chi connectivity index (χ3n) is 4.10. The van der Waals surface area contributed by atoms with Gasteiger partial charge < -0.3 is 9.15 Å². The largest absolute Gasteiger partial charge is 0.463 e. The van der Waals surface area contributed by atoms with Gasteiger partial charge in [-0.3, -0.25) is 0 Å². The van der Waals surface area contributed by atoms with Gasteiger partial charge in [0.15, 0.2) is 0 Å². The first-order valence-electron chi connectivity index (χ1n) is 8.81. The van der Waals surface area contributed by atoms with Crippen LogP contribution in [-0.2, 0) is 10.5 Å². The molecule has 0 unspecified atom stereocenters. The molecule has 6 nitrogen and oxygen atoms in total. The minimum Gasteiger partial charge on any atom is -0.463 e. The lowest BCUT2D eigenvalue weighted by atomic mass is 10.2. The Bertz CT molecular complexity index is 1120. The van der Waals surface area contributed by atoms with E-state index in [1.54, 1.807) is 23.5 Å². The van der Waals surface area contributed by atoms with Gasteiger partial charge in [-0.2, -0.15) is 0 Å². The second kappa shape index (κ2) is 8.59. The van der Waals surface area contributed by atoms with Crippen molar-refractivity contribution in [3.05, 3.63) is 71.8 Å². The minimum atomic E-state index is -0.486. The van der Waals surface area contributed by atoms with E-state index in [0.29, 0.717) is 11.5 Å². The average molecular weight is 424 g/mol. The highest BCUT2D eigenvalue weighted by atomic mass is 32.2. The maximum atomic E-state index is 11.4. The summed E-state index contributed by atoms with van der Waals surface area (Å²) in [4.78, 5) is 17.1. The summed E-state index contributed by atoms with van der Waals surface area (Å²) in [5, 5.41) is 10.4. The van der Waals surface area contributed by atoms with Gasteiger partial charge in [0.05, 0.1) is 23.4 Å². The van der Waals surface area contributed by atoms with E-state index in [2.05, 4.69) is 19.9 Å². The molecule has 0 amide bonds. The molecule has 29 heavy (non-hydrogen) atoms. The first kappa shape index (κ1) is 19.4. The topological polar surface area (TPSA) is 78.1 Å². The van der Waals surface area contributed by atoms with Gasteiger partial charge >= 0.3 is 5.97 Å². The number of rotatable bonds is 6. The van der Waals surface area contributed by atoms with Crippen LogP contribution < -0.4 is 0 Å². The number of methoxy groups -OCH3 is 1. The van der Waals surface area contributed by atoms with E-state index < -0.39 is 5.97 Å². The molecular formula is C21H17N3O3S2. The summed E-state index contributed by atoms with van der Waals surface area (Å²) in [6.45, 7) is 1.98. The van der Waals surface area contributed by atoms with Crippen LogP contribution in [0.3, 0.4) is 0 Å². The number of carbonyl (C=O) groups is 1. The molecule has 4 aromatic rings. The van der Waals surface area contributed by atoms with E-state index >= 15 is 0 Å². The highest BCUT2D eigenvalue weighted by molar-refractivity contribution is 7.98. The number of benzene rings is 1. The van der Waals surface area contributed by atoms with Crippen molar-refractivity contribution < 1.29 is 13.9 Å². The Morgan fingerprint density at radius 1 is 1.10 bits per heavy atom. The lowest BCUT2D eigenvalue weighted by Crippen LogP contribution is -1.98. The van der Waals surface area contributed by atoms with Crippen molar-refractivity contribution in [3.63, 3.8) is 0 Å². The molecule has 0 aliphatic carbocycles. The van der Waals surface area contributed by atoms with Gasteiger partial charge in [0.2, 0.25) is 5.76 Å². The van der Waals surface area contributed by atoms with Crippen LogP contribution in [0.2, 0.25) is 0 Å². The summed E-state index contributed by atoms with van der Waals surface area (Å²) in [6.07, 6.45) is 0. The molecule has 0 saturated carbocycles. The number of aromatic nitrogens is 3.